The number of carbonyl (C=O) groups excluding carboxylic acids is 1. The van der Waals surface area contributed by atoms with Gasteiger partial charge in [0, 0.05) is 24.5 Å². The molecule has 1 aromatic rings. The van der Waals surface area contributed by atoms with Crippen LogP contribution >= 0.6 is 0 Å². The van der Waals surface area contributed by atoms with Crippen LogP contribution in [0, 0.1) is 11.8 Å². The summed E-state index contributed by atoms with van der Waals surface area (Å²) in [5.41, 5.74) is 0. The van der Waals surface area contributed by atoms with Gasteiger partial charge < -0.3 is 14.8 Å². The number of hydrogen-bond acceptors (Lipinski definition) is 3. The molecule has 2 saturated carbocycles. The fraction of sp³-hybridized carbons (Fsp3) is 0.643. The van der Waals surface area contributed by atoms with Crippen molar-refractivity contribution in [2.45, 2.75) is 37.6 Å². The Hall–Kier alpha value is -1.29. The molecule has 1 heterocycles. The number of aliphatic hydroxyl groups excluding tert-OH is 1. The van der Waals surface area contributed by atoms with Crippen molar-refractivity contribution >= 4 is 5.91 Å². The summed E-state index contributed by atoms with van der Waals surface area (Å²) in [7, 11) is 0. The fourth-order valence-electron chi connectivity index (χ4n) is 2.65. The molecule has 0 radical (unpaired) electrons. The number of amides is 1. The van der Waals surface area contributed by atoms with Gasteiger partial charge in [-0.25, -0.2) is 0 Å². The molecule has 3 atom stereocenters. The monoisotopic (exact) mass is 249 g/mol. The minimum absolute atomic E-state index is 0.0658. The fourth-order valence-corrected chi connectivity index (χ4v) is 2.65. The number of carbonyl (C=O) groups is 1. The summed E-state index contributed by atoms with van der Waals surface area (Å²) in [6, 6.07) is 3.96. The van der Waals surface area contributed by atoms with Crippen LogP contribution in [0.15, 0.2) is 22.8 Å². The van der Waals surface area contributed by atoms with E-state index in [1.54, 1.807) is 6.26 Å². The van der Waals surface area contributed by atoms with Crippen LogP contribution in [-0.4, -0.2) is 23.7 Å². The van der Waals surface area contributed by atoms with Crippen LogP contribution in [0.2, 0.25) is 0 Å². The van der Waals surface area contributed by atoms with Gasteiger partial charge in [-0.2, -0.15) is 0 Å². The quantitative estimate of drug-likeness (QED) is 0.806. The molecule has 0 saturated heterocycles. The first kappa shape index (κ1) is 11.8. The molecule has 3 unspecified atom stereocenters. The number of rotatable bonds is 6. The van der Waals surface area contributed by atoms with Gasteiger partial charge in [0.15, 0.2) is 0 Å². The predicted molar refractivity (Wildman–Crippen MR) is 65.9 cm³/mol. The van der Waals surface area contributed by atoms with Crippen molar-refractivity contribution < 1.29 is 14.3 Å². The van der Waals surface area contributed by atoms with E-state index in [0.29, 0.717) is 12.3 Å². The first-order valence-corrected chi connectivity index (χ1v) is 6.74. The summed E-state index contributed by atoms with van der Waals surface area (Å²) in [5, 5.41) is 12.1. The van der Waals surface area contributed by atoms with Crippen molar-refractivity contribution in [2.75, 3.05) is 6.61 Å². The van der Waals surface area contributed by atoms with Crippen LogP contribution < -0.4 is 5.32 Å². The van der Waals surface area contributed by atoms with E-state index in [2.05, 4.69) is 5.32 Å². The summed E-state index contributed by atoms with van der Waals surface area (Å²) < 4.78 is 5.33. The van der Waals surface area contributed by atoms with E-state index in [1.165, 1.54) is 12.8 Å². The average molecular weight is 249 g/mol. The van der Waals surface area contributed by atoms with E-state index in [-0.39, 0.29) is 30.4 Å². The zero-order valence-corrected chi connectivity index (χ0v) is 10.3. The van der Waals surface area contributed by atoms with Gasteiger partial charge in [-0.15, -0.1) is 0 Å². The van der Waals surface area contributed by atoms with Gasteiger partial charge in [0.25, 0.3) is 0 Å². The highest BCUT2D eigenvalue weighted by Crippen LogP contribution is 2.48. The average Bonchev–Trinajstić information content (AvgIpc) is 3.28. The zero-order chi connectivity index (χ0) is 12.5. The van der Waals surface area contributed by atoms with E-state index in [9.17, 15) is 4.79 Å². The third-order valence-corrected chi connectivity index (χ3v) is 3.99. The minimum atomic E-state index is 0.0658. The number of aliphatic hydroxyl groups is 1. The lowest BCUT2D eigenvalue weighted by Crippen LogP contribution is -2.38. The molecule has 2 fully saturated rings. The third kappa shape index (κ3) is 2.43. The van der Waals surface area contributed by atoms with Gasteiger partial charge in [-0.3, -0.25) is 4.79 Å². The minimum Gasteiger partial charge on any atom is -0.469 e. The Morgan fingerprint density at radius 1 is 1.56 bits per heavy atom. The molecule has 0 aromatic carbocycles. The second kappa shape index (κ2) is 4.76. The molecule has 0 bridgehead atoms. The Kier molecular flexibility index (Phi) is 3.12. The zero-order valence-electron chi connectivity index (χ0n) is 10.3. The largest absolute Gasteiger partial charge is 0.469 e. The third-order valence-electron chi connectivity index (χ3n) is 3.99. The second-order valence-corrected chi connectivity index (χ2v) is 5.43. The van der Waals surface area contributed by atoms with Crippen molar-refractivity contribution in [3.63, 3.8) is 0 Å². The summed E-state index contributed by atoms with van der Waals surface area (Å²) >= 11 is 0. The Morgan fingerprint density at radius 2 is 2.39 bits per heavy atom. The van der Waals surface area contributed by atoms with Crippen LogP contribution in [0.5, 0.6) is 0 Å². The van der Waals surface area contributed by atoms with Crippen molar-refractivity contribution in [1.29, 1.82) is 0 Å². The highest BCUT2D eigenvalue weighted by molar-refractivity contribution is 5.83. The van der Waals surface area contributed by atoms with Crippen molar-refractivity contribution in [2.24, 2.45) is 11.8 Å². The molecule has 1 amide bonds. The SMILES string of the molecule is O=C(NC(CCO)C1CC1)C1CC1c1ccco1. The van der Waals surface area contributed by atoms with E-state index in [0.717, 1.165) is 12.2 Å². The molecule has 4 heteroatoms. The molecule has 2 aliphatic rings. The second-order valence-electron chi connectivity index (χ2n) is 5.43. The molecule has 3 rings (SSSR count). The number of hydrogen-bond donors (Lipinski definition) is 2. The summed E-state index contributed by atoms with van der Waals surface area (Å²) in [6.07, 6.45) is 5.57. The molecule has 18 heavy (non-hydrogen) atoms. The number of furan rings is 1. The highest BCUT2D eigenvalue weighted by Gasteiger charge is 2.47. The van der Waals surface area contributed by atoms with Gasteiger partial charge in [0.1, 0.15) is 5.76 Å². The Bertz CT molecular complexity index is 411. The molecule has 1 aromatic heterocycles. The Morgan fingerprint density at radius 3 is 3.00 bits per heavy atom. The van der Waals surface area contributed by atoms with Gasteiger partial charge in [0.2, 0.25) is 5.91 Å². The topological polar surface area (TPSA) is 62.5 Å². The van der Waals surface area contributed by atoms with E-state index >= 15 is 0 Å². The van der Waals surface area contributed by atoms with Crippen LogP contribution in [0.4, 0.5) is 0 Å². The van der Waals surface area contributed by atoms with Gasteiger partial charge >= 0.3 is 0 Å². The van der Waals surface area contributed by atoms with E-state index < -0.39 is 0 Å². The van der Waals surface area contributed by atoms with Crippen molar-refractivity contribution in [3.8, 4) is 0 Å². The molecule has 2 N–H and O–H groups in total. The normalized spacial score (nSPS) is 27.8. The predicted octanol–water partition coefficient (Wildman–Crippen LogP) is 1.66. The van der Waals surface area contributed by atoms with Crippen molar-refractivity contribution in [3.05, 3.63) is 24.2 Å². The molecular formula is C14H19NO3. The first-order chi connectivity index (χ1) is 8.79. The lowest BCUT2D eigenvalue weighted by Gasteiger charge is -2.17. The van der Waals surface area contributed by atoms with Crippen LogP contribution in [0.1, 0.15) is 37.4 Å². The van der Waals surface area contributed by atoms with Crippen LogP contribution in [-0.2, 0) is 4.79 Å². The Balaban J connectivity index is 1.53. The van der Waals surface area contributed by atoms with Gasteiger partial charge in [0.05, 0.1) is 6.26 Å². The summed E-state index contributed by atoms with van der Waals surface area (Å²) in [4.78, 5) is 12.1. The van der Waals surface area contributed by atoms with E-state index in [4.69, 9.17) is 9.52 Å². The smallest absolute Gasteiger partial charge is 0.224 e. The van der Waals surface area contributed by atoms with Gasteiger partial charge in [-0.1, -0.05) is 0 Å². The highest BCUT2D eigenvalue weighted by atomic mass is 16.3. The summed E-state index contributed by atoms with van der Waals surface area (Å²) in [5.74, 6) is 1.95. The molecule has 0 spiro atoms. The van der Waals surface area contributed by atoms with Crippen LogP contribution in [0.25, 0.3) is 0 Å². The van der Waals surface area contributed by atoms with Crippen molar-refractivity contribution in [1.82, 2.24) is 5.32 Å². The number of nitrogens with one attached hydrogen (secondary N) is 1. The molecule has 0 aliphatic heterocycles. The maximum absolute atomic E-state index is 12.1. The van der Waals surface area contributed by atoms with Gasteiger partial charge in [-0.05, 0) is 43.7 Å². The summed E-state index contributed by atoms with van der Waals surface area (Å²) in [6.45, 7) is 0.147. The lowest BCUT2D eigenvalue weighted by atomic mass is 10.1. The maximum Gasteiger partial charge on any atom is 0.224 e. The Labute approximate surface area is 106 Å². The first-order valence-electron chi connectivity index (χ1n) is 6.74. The lowest BCUT2D eigenvalue weighted by molar-refractivity contribution is -0.123. The molecular weight excluding hydrogens is 230 g/mol. The molecule has 2 aliphatic carbocycles. The standard InChI is InChI=1S/C14H19NO3/c16-6-5-12(9-3-4-9)15-14(17)11-8-10(11)13-2-1-7-18-13/h1-2,7,9-12,16H,3-6,8H2,(H,15,17). The molecule has 98 valence electrons. The van der Waals surface area contributed by atoms with E-state index in [1.807, 2.05) is 12.1 Å². The maximum atomic E-state index is 12.1. The van der Waals surface area contributed by atoms with Crippen LogP contribution in [0.3, 0.4) is 0 Å². The molecule has 4 nitrogen and oxygen atoms in total.